The number of rotatable bonds is 5. The van der Waals surface area contributed by atoms with E-state index in [1.165, 1.54) is 0 Å². The SMILES string of the molecule is CNC(=O)CC1(O)CCCN(Cc2cccc(C(=O)N(C)C)c2)C1. The summed E-state index contributed by atoms with van der Waals surface area (Å²) in [5.41, 5.74) is 0.720. The standard InChI is InChI=1S/C18H27N3O3/c1-19-16(22)11-18(24)8-5-9-21(13-18)12-14-6-4-7-15(10-14)17(23)20(2)3/h4,6-7,10,24H,5,8-9,11-13H2,1-3H3,(H,19,22). The largest absolute Gasteiger partial charge is 0.388 e. The van der Waals surface area contributed by atoms with E-state index in [2.05, 4.69) is 10.2 Å². The third kappa shape index (κ3) is 4.79. The maximum Gasteiger partial charge on any atom is 0.253 e. The van der Waals surface area contributed by atoms with Crippen LogP contribution in [0.3, 0.4) is 0 Å². The Kier molecular flexibility index (Phi) is 5.96. The lowest BCUT2D eigenvalue weighted by molar-refractivity contribution is -0.128. The first-order chi connectivity index (χ1) is 11.3. The van der Waals surface area contributed by atoms with Crippen LogP contribution in [0.15, 0.2) is 24.3 Å². The molecule has 6 nitrogen and oxygen atoms in total. The van der Waals surface area contributed by atoms with Gasteiger partial charge in [0, 0.05) is 39.8 Å². The fourth-order valence-corrected chi connectivity index (χ4v) is 3.19. The van der Waals surface area contributed by atoms with Crippen LogP contribution in [0, 0.1) is 0 Å². The molecule has 0 spiro atoms. The molecule has 0 bridgehead atoms. The zero-order valence-corrected chi connectivity index (χ0v) is 14.7. The first kappa shape index (κ1) is 18.4. The average Bonchev–Trinajstić information content (AvgIpc) is 2.53. The number of hydrogen-bond acceptors (Lipinski definition) is 4. The fraction of sp³-hybridized carbons (Fsp3) is 0.556. The summed E-state index contributed by atoms with van der Waals surface area (Å²) in [6.07, 6.45) is 1.61. The molecule has 2 rings (SSSR count). The third-order valence-corrected chi connectivity index (χ3v) is 4.39. The van der Waals surface area contributed by atoms with E-state index in [4.69, 9.17) is 0 Å². The summed E-state index contributed by atoms with van der Waals surface area (Å²) in [5.74, 6) is -0.162. The Morgan fingerprint density at radius 2 is 2.12 bits per heavy atom. The average molecular weight is 333 g/mol. The Morgan fingerprint density at radius 3 is 2.79 bits per heavy atom. The zero-order valence-electron chi connectivity index (χ0n) is 14.7. The van der Waals surface area contributed by atoms with Gasteiger partial charge in [0.2, 0.25) is 5.91 Å². The van der Waals surface area contributed by atoms with E-state index >= 15 is 0 Å². The maximum absolute atomic E-state index is 12.1. The molecule has 1 unspecified atom stereocenters. The molecular weight excluding hydrogens is 306 g/mol. The van der Waals surface area contributed by atoms with Crippen molar-refractivity contribution < 1.29 is 14.7 Å². The normalized spacial score (nSPS) is 21.3. The van der Waals surface area contributed by atoms with Crippen molar-refractivity contribution in [3.05, 3.63) is 35.4 Å². The third-order valence-electron chi connectivity index (χ3n) is 4.39. The van der Waals surface area contributed by atoms with Gasteiger partial charge in [0.15, 0.2) is 0 Å². The molecule has 2 N–H and O–H groups in total. The van der Waals surface area contributed by atoms with Gasteiger partial charge < -0.3 is 15.3 Å². The second-order valence-corrected chi connectivity index (χ2v) is 6.79. The molecule has 0 aliphatic carbocycles. The van der Waals surface area contributed by atoms with Crippen LogP contribution in [0.5, 0.6) is 0 Å². The number of nitrogens with zero attached hydrogens (tertiary/aromatic N) is 2. The first-order valence-corrected chi connectivity index (χ1v) is 8.29. The van der Waals surface area contributed by atoms with Crippen molar-refractivity contribution in [2.75, 3.05) is 34.2 Å². The smallest absolute Gasteiger partial charge is 0.253 e. The van der Waals surface area contributed by atoms with Gasteiger partial charge in [-0.3, -0.25) is 14.5 Å². The topological polar surface area (TPSA) is 72.9 Å². The molecule has 6 heteroatoms. The van der Waals surface area contributed by atoms with Gasteiger partial charge in [0.25, 0.3) is 5.91 Å². The van der Waals surface area contributed by atoms with E-state index < -0.39 is 5.60 Å². The minimum atomic E-state index is -0.977. The lowest BCUT2D eigenvalue weighted by Crippen LogP contribution is -2.49. The van der Waals surface area contributed by atoms with Gasteiger partial charge in [-0.05, 0) is 37.1 Å². The Hall–Kier alpha value is -1.92. The first-order valence-electron chi connectivity index (χ1n) is 8.29. The molecule has 1 aliphatic heterocycles. The van der Waals surface area contributed by atoms with Gasteiger partial charge >= 0.3 is 0 Å². The zero-order chi connectivity index (χ0) is 17.7. The summed E-state index contributed by atoms with van der Waals surface area (Å²) in [5, 5.41) is 13.2. The number of carbonyl (C=O) groups is 2. The number of β-amino-alcohol motifs (C(OH)–C–C–N with tert-alkyl or cyclic N) is 1. The van der Waals surface area contributed by atoms with Crippen molar-refractivity contribution >= 4 is 11.8 Å². The van der Waals surface area contributed by atoms with Gasteiger partial charge in [-0.1, -0.05) is 12.1 Å². The molecular formula is C18H27N3O3. The van der Waals surface area contributed by atoms with Crippen LogP contribution in [0.4, 0.5) is 0 Å². The molecule has 1 aromatic carbocycles. The highest BCUT2D eigenvalue weighted by atomic mass is 16.3. The number of benzene rings is 1. The van der Waals surface area contributed by atoms with Gasteiger partial charge in [-0.2, -0.15) is 0 Å². The molecule has 1 atom stereocenters. The Morgan fingerprint density at radius 1 is 1.38 bits per heavy atom. The molecule has 0 saturated carbocycles. The minimum absolute atomic E-state index is 0.0217. The predicted octanol–water partition coefficient (Wildman–Crippen LogP) is 0.851. The highest BCUT2D eigenvalue weighted by Gasteiger charge is 2.35. The molecule has 2 amide bonds. The van der Waals surface area contributed by atoms with Crippen LogP contribution in [0.2, 0.25) is 0 Å². The minimum Gasteiger partial charge on any atom is -0.388 e. The summed E-state index contributed by atoms with van der Waals surface area (Å²) >= 11 is 0. The number of carbonyl (C=O) groups excluding carboxylic acids is 2. The van der Waals surface area contributed by atoms with E-state index in [0.29, 0.717) is 25.1 Å². The summed E-state index contributed by atoms with van der Waals surface area (Å²) < 4.78 is 0. The van der Waals surface area contributed by atoms with Crippen molar-refractivity contribution in [3.63, 3.8) is 0 Å². The Bertz CT molecular complexity index is 603. The summed E-state index contributed by atoms with van der Waals surface area (Å²) in [7, 11) is 5.05. The molecule has 132 valence electrons. The molecule has 1 saturated heterocycles. The van der Waals surface area contributed by atoms with Crippen LogP contribution >= 0.6 is 0 Å². The number of piperidine rings is 1. The molecule has 1 aromatic rings. The van der Waals surface area contributed by atoms with Gasteiger partial charge in [-0.25, -0.2) is 0 Å². The summed E-state index contributed by atoms with van der Waals surface area (Å²) in [6, 6.07) is 7.57. The van der Waals surface area contributed by atoms with Gasteiger partial charge in [-0.15, -0.1) is 0 Å². The highest BCUT2D eigenvalue weighted by Crippen LogP contribution is 2.25. The van der Waals surface area contributed by atoms with E-state index in [-0.39, 0.29) is 18.2 Å². The van der Waals surface area contributed by atoms with Crippen LogP contribution in [-0.4, -0.2) is 66.6 Å². The number of nitrogens with one attached hydrogen (secondary N) is 1. The molecule has 1 aliphatic rings. The monoisotopic (exact) mass is 333 g/mol. The Labute approximate surface area is 143 Å². The van der Waals surface area contributed by atoms with Crippen LogP contribution in [-0.2, 0) is 11.3 Å². The van der Waals surface area contributed by atoms with Gasteiger partial charge in [0.1, 0.15) is 0 Å². The number of hydrogen-bond donors (Lipinski definition) is 2. The van der Waals surface area contributed by atoms with Crippen LogP contribution in [0.1, 0.15) is 35.2 Å². The highest BCUT2D eigenvalue weighted by molar-refractivity contribution is 5.94. The van der Waals surface area contributed by atoms with Gasteiger partial charge in [0.05, 0.1) is 12.0 Å². The van der Waals surface area contributed by atoms with Crippen molar-refractivity contribution in [2.45, 2.75) is 31.4 Å². The van der Waals surface area contributed by atoms with Crippen molar-refractivity contribution in [1.82, 2.24) is 15.1 Å². The molecule has 0 aromatic heterocycles. The molecule has 0 radical (unpaired) electrons. The van der Waals surface area contributed by atoms with E-state index in [0.717, 1.165) is 18.5 Å². The number of amides is 2. The quantitative estimate of drug-likeness (QED) is 0.838. The lowest BCUT2D eigenvalue weighted by atomic mass is 9.89. The summed E-state index contributed by atoms with van der Waals surface area (Å²) in [6.45, 7) is 2.00. The molecule has 24 heavy (non-hydrogen) atoms. The maximum atomic E-state index is 12.1. The predicted molar refractivity (Wildman–Crippen MR) is 92.6 cm³/mol. The second-order valence-electron chi connectivity index (χ2n) is 6.79. The molecule has 1 fully saturated rings. The van der Waals surface area contributed by atoms with Crippen molar-refractivity contribution in [2.24, 2.45) is 0 Å². The summed E-state index contributed by atoms with van der Waals surface area (Å²) in [4.78, 5) is 27.4. The van der Waals surface area contributed by atoms with E-state index in [1.807, 2.05) is 24.3 Å². The van der Waals surface area contributed by atoms with Crippen LogP contribution in [0.25, 0.3) is 0 Å². The number of likely N-dealkylation sites (tertiary alicyclic amines) is 1. The molecule has 1 heterocycles. The van der Waals surface area contributed by atoms with E-state index in [1.54, 1.807) is 26.0 Å². The fourth-order valence-electron chi connectivity index (χ4n) is 3.19. The lowest BCUT2D eigenvalue weighted by Gasteiger charge is -2.39. The van der Waals surface area contributed by atoms with E-state index in [9.17, 15) is 14.7 Å². The second kappa shape index (κ2) is 7.77. The van der Waals surface area contributed by atoms with Crippen molar-refractivity contribution in [1.29, 1.82) is 0 Å². The number of aliphatic hydroxyl groups is 1. The van der Waals surface area contributed by atoms with Crippen LogP contribution < -0.4 is 5.32 Å². The van der Waals surface area contributed by atoms with Crippen molar-refractivity contribution in [3.8, 4) is 0 Å². The Balaban J connectivity index is 2.04.